The summed E-state index contributed by atoms with van der Waals surface area (Å²) >= 11 is 0. The molecule has 1 aromatic rings. The predicted octanol–water partition coefficient (Wildman–Crippen LogP) is 0.145. The lowest BCUT2D eigenvalue weighted by molar-refractivity contribution is -0.136. The molecule has 3 aliphatic rings. The molecule has 3 amide bonds. The van der Waals surface area contributed by atoms with Crippen LogP contribution in [0.1, 0.15) is 41.3 Å². The number of nitrogens with zero attached hydrogens (tertiary/aromatic N) is 1. The number of hydrogen-bond acceptors (Lipinski definition) is 5. The van der Waals surface area contributed by atoms with Gasteiger partial charge < -0.3 is 15.5 Å². The van der Waals surface area contributed by atoms with E-state index in [1.165, 1.54) is 0 Å². The van der Waals surface area contributed by atoms with Crippen molar-refractivity contribution >= 4 is 17.7 Å². The van der Waals surface area contributed by atoms with Crippen molar-refractivity contribution in [1.29, 1.82) is 0 Å². The van der Waals surface area contributed by atoms with Crippen LogP contribution in [-0.4, -0.2) is 47.8 Å². The number of benzene rings is 1. The van der Waals surface area contributed by atoms with Crippen LogP contribution in [-0.2, 0) is 22.7 Å². The van der Waals surface area contributed by atoms with Crippen LogP contribution in [0.3, 0.4) is 0 Å². The number of nitrogens with one attached hydrogen (secondary N) is 3. The molecule has 3 atom stereocenters. The number of carbonyl (C=O) groups is 3. The van der Waals surface area contributed by atoms with Crippen LogP contribution in [0.25, 0.3) is 0 Å². The van der Waals surface area contributed by atoms with Crippen molar-refractivity contribution in [3.8, 4) is 0 Å². The first-order valence-corrected chi connectivity index (χ1v) is 9.24. The van der Waals surface area contributed by atoms with E-state index in [1.807, 2.05) is 18.2 Å². The summed E-state index contributed by atoms with van der Waals surface area (Å²) in [4.78, 5) is 38.2. The minimum atomic E-state index is -0.563. The molecule has 2 fully saturated rings. The highest BCUT2D eigenvalue weighted by Gasteiger charge is 2.40. The Morgan fingerprint density at radius 3 is 2.81 bits per heavy atom. The maximum atomic E-state index is 13.0. The van der Waals surface area contributed by atoms with Crippen LogP contribution >= 0.6 is 0 Å². The van der Waals surface area contributed by atoms with E-state index in [0.717, 1.165) is 24.2 Å². The molecular formula is C19H24N4O3. The molecule has 138 valence electrons. The molecule has 0 radical (unpaired) electrons. The van der Waals surface area contributed by atoms with Crippen molar-refractivity contribution in [3.05, 3.63) is 34.9 Å². The Labute approximate surface area is 152 Å². The SMILES string of the molecule is C[C@H]1CNC[C@H]1NCc1cccc2c1C(=O)N(C1CCC(=O)NC1=O)C2. The van der Waals surface area contributed by atoms with E-state index in [9.17, 15) is 14.4 Å². The van der Waals surface area contributed by atoms with Gasteiger partial charge in [0.05, 0.1) is 0 Å². The van der Waals surface area contributed by atoms with Gasteiger partial charge in [0.1, 0.15) is 6.04 Å². The van der Waals surface area contributed by atoms with Gasteiger partial charge in [-0.2, -0.15) is 0 Å². The zero-order valence-electron chi connectivity index (χ0n) is 14.9. The van der Waals surface area contributed by atoms with Gasteiger partial charge in [0.25, 0.3) is 5.91 Å². The number of amides is 3. The molecule has 1 aromatic carbocycles. The second kappa shape index (κ2) is 6.81. The van der Waals surface area contributed by atoms with Crippen molar-refractivity contribution in [1.82, 2.24) is 20.9 Å². The second-order valence-electron chi connectivity index (χ2n) is 7.47. The maximum absolute atomic E-state index is 13.0. The van der Waals surface area contributed by atoms with Crippen molar-refractivity contribution < 1.29 is 14.4 Å². The fraction of sp³-hybridized carbons (Fsp3) is 0.526. The third-order valence-electron chi connectivity index (χ3n) is 5.71. The Kier molecular flexibility index (Phi) is 4.50. The van der Waals surface area contributed by atoms with Crippen LogP contribution in [0.4, 0.5) is 0 Å². The van der Waals surface area contributed by atoms with Gasteiger partial charge in [0, 0.05) is 37.7 Å². The summed E-state index contributed by atoms with van der Waals surface area (Å²) in [6.45, 7) is 5.22. The molecule has 0 aromatic heterocycles. The minimum Gasteiger partial charge on any atom is -0.322 e. The summed E-state index contributed by atoms with van der Waals surface area (Å²) in [5.74, 6) is -0.181. The quantitative estimate of drug-likeness (QED) is 0.668. The number of carbonyl (C=O) groups excluding carboxylic acids is 3. The number of fused-ring (bicyclic) bond motifs is 1. The van der Waals surface area contributed by atoms with Crippen LogP contribution in [0.2, 0.25) is 0 Å². The first-order chi connectivity index (χ1) is 12.5. The zero-order valence-corrected chi connectivity index (χ0v) is 14.9. The Morgan fingerprint density at radius 1 is 1.23 bits per heavy atom. The molecule has 0 bridgehead atoms. The van der Waals surface area contributed by atoms with Gasteiger partial charge in [-0.05, 0) is 30.0 Å². The molecule has 4 rings (SSSR count). The van der Waals surface area contributed by atoms with Crippen LogP contribution in [0.5, 0.6) is 0 Å². The molecule has 0 saturated carbocycles. The first-order valence-electron chi connectivity index (χ1n) is 9.24. The lowest BCUT2D eigenvalue weighted by atomic mass is 10.0. The normalized spacial score (nSPS) is 28.4. The zero-order chi connectivity index (χ0) is 18.3. The third kappa shape index (κ3) is 3.01. The second-order valence-corrected chi connectivity index (χ2v) is 7.47. The number of piperidine rings is 1. The molecule has 7 nitrogen and oxygen atoms in total. The van der Waals surface area contributed by atoms with E-state index in [-0.39, 0.29) is 24.1 Å². The van der Waals surface area contributed by atoms with E-state index in [1.54, 1.807) is 4.90 Å². The lowest BCUT2D eigenvalue weighted by Crippen LogP contribution is -2.52. The molecule has 7 heteroatoms. The summed E-state index contributed by atoms with van der Waals surface area (Å²) in [7, 11) is 0. The highest BCUT2D eigenvalue weighted by molar-refractivity contribution is 6.05. The monoisotopic (exact) mass is 356 g/mol. The molecule has 0 aliphatic carbocycles. The summed E-state index contributed by atoms with van der Waals surface area (Å²) in [5.41, 5.74) is 2.64. The average Bonchev–Trinajstić information content (AvgIpc) is 3.17. The molecule has 2 saturated heterocycles. The Balaban J connectivity index is 1.51. The standard InChI is InChI=1S/C19H24N4O3/c1-11-7-20-9-14(11)21-8-12-3-2-4-13-10-23(19(26)17(12)13)15-5-6-16(24)22-18(15)25/h2-4,11,14-15,20-21H,5-10H2,1H3,(H,22,24,25)/t11-,14+,15?/m0/s1. The fourth-order valence-corrected chi connectivity index (χ4v) is 4.16. The van der Waals surface area contributed by atoms with E-state index in [4.69, 9.17) is 0 Å². The van der Waals surface area contributed by atoms with E-state index >= 15 is 0 Å². The smallest absolute Gasteiger partial charge is 0.255 e. The van der Waals surface area contributed by atoms with Crippen LogP contribution in [0, 0.1) is 5.92 Å². The first kappa shape index (κ1) is 17.2. The van der Waals surface area contributed by atoms with Gasteiger partial charge in [-0.1, -0.05) is 25.1 Å². The highest BCUT2D eigenvalue weighted by atomic mass is 16.2. The van der Waals surface area contributed by atoms with Crippen LogP contribution in [0.15, 0.2) is 18.2 Å². The topological polar surface area (TPSA) is 90.5 Å². The van der Waals surface area contributed by atoms with Gasteiger partial charge in [-0.3, -0.25) is 19.7 Å². The fourth-order valence-electron chi connectivity index (χ4n) is 4.16. The molecule has 1 unspecified atom stereocenters. The third-order valence-corrected chi connectivity index (χ3v) is 5.71. The van der Waals surface area contributed by atoms with E-state index in [0.29, 0.717) is 37.0 Å². The maximum Gasteiger partial charge on any atom is 0.255 e. The predicted molar refractivity (Wildman–Crippen MR) is 95.1 cm³/mol. The number of rotatable bonds is 4. The minimum absolute atomic E-state index is 0.107. The Bertz CT molecular complexity index is 763. The Morgan fingerprint density at radius 2 is 2.08 bits per heavy atom. The molecule has 26 heavy (non-hydrogen) atoms. The van der Waals surface area contributed by atoms with E-state index in [2.05, 4.69) is 22.9 Å². The summed E-state index contributed by atoms with van der Waals surface area (Å²) < 4.78 is 0. The molecule has 3 N–H and O–H groups in total. The van der Waals surface area contributed by atoms with E-state index < -0.39 is 6.04 Å². The summed E-state index contributed by atoms with van der Waals surface area (Å²) in [5, 5.41) is 9.26. The molecular weight excluding hydrogens is 332 g/mol. The Hall–Kier alpha value is -2.25. The van der Waals surface area contributed by atoms with Gasteiger partial charge >= 0.3 is 0 Å². The van der Waals surface area contributed by atoms with Crippen molar-refractivity contribution in [2.75, 3.05) is 13.1 Å². The summed E-state index contributed by atoms with van der Waals surface area (Å²) in [6.07, 6.45) is 0.667. The molecule has 0 spiro atoms. The molecule has 3 aliphatic heterocycles. The van der Waals surface area contributed by atoms with Gasteiger partial charge in [-0.15, -0.1) is 0 Å². The molecule has 3 heterocycles. The van der Waals surface area contributed by atoms with Crippen molar-refractivity contribution in [3.63, 3.8) is 0 Å². The van der Waals surface area contributed by atoms with Gasteiger partial charge in [-0.25, -0.2) is 0 Å². The van der Waals surface area contributed by atoms with Crippen molar-refractivity contribution in [2.45, 2.75) is 44.9 Å². The van der Waals surface area contributed by atoms with Gasteiger partial charge in [0.2, 0.25) is 11.8 Å². The van der Waals surface area contributed by atoms with Gasteiger partial charge in [0.15, 0.2) is 0 Å². The average molecular weight is 356 g/mol. The number of imide groups is 1. The largest absolute Gasteiger partial charge is 0.322 e. The highest BCUT2D eigenvalue weighted by Crippen LogP contribution is 2.30. The van der Waals surface area contributed by atoms with Crippen LogP contribution < -0.4 is 16.0 Å². The number of hydrogen-bond donors (Lipinski definition) is 3. The lowest BCUT2D eigenvalue weighted by Gasteiger charge is -2.29. The van der Waals surface area contributed by atoms with Crippen molar-refractivity contribution in [2.24, 2.45) is 5.92 Å². The summed E-state index contributed by atoms with van der Waals surface area (Å²) in [6, 6.07) is 5.72.